The fourth-order valence-corrected chi connectivity index (χ4v) is 2.56. The van der Waals surface area contributed by atoms with Crippen molar-refractivity contribution in [3.63, 3.8) is 0 Å². The number of nitrogens with zero attached hydrogens (tertiary/aromatic N) is 1. The van der Waals surface area contributed by atoms with Crippen LogP contribution in [-0.2, 0) is 4.74 Å². The molecule has 0 aromatic heterocycles. The highest BCUT2D eigenvalue weighted by atomic mass is 16.6. The summed E-state index contributed by atoms with van der Waals surface area (Å²) in [6.45, 7) is 8.21. The molecule has 1 saturated heterocycles. The maximum Gasteiger partial charge on any atom is 0.407 e. The molecule has 1 aliphatic rings. The highest BCUT2D eigenvalue weighted by Gasteiger charge is 2.15. The van der Waals surface area contributed by atoms with Crippen LogP contribution in [0, 0.1) is 0 Å². The Morgan fingerprint density at radius 3 is 2.24 bits per heavy atom. The number of ether oxygens (including phenoxy) is 1. The minimum Gasteiger partial charge on any atom is -0.444 e. The molecule has 0 unspecified atom stereocenters. The van der Waals surface area contributed by atoms with Crippen LogP contribution in [0.15, 0.2) is 24.3 Å². The molecular formula is C18H28N4O3. The van der Waals surface area contributed by atoms with Crippen LogP contribution in [0.3, 0.4) is 0 Å². The number of hydrogen-bond donors (Lipinski definition) is 3. The number of carbonyl (C=O) groups excluding carboxylic acids is 2. The molecule has 1 aliphatic heterocycles. The molecule has 0 aliphatic carbocycles. The van der Waals surface area contributed by atoms with Crippen molar-refractivity contribution in [2.75, 3.05) is 36.4 Å². The van der Waals surface area contributed by atoms with Crippen LogP contribution < -0.4 is 20.9 Å². The van der Waals surface area contributed by atoms with E-state index >= 15 is 0 Å². The molecule has 3 N–H and O–H groups in total. The van der Waals surface area contributed by atoms with Gasteiger partial charge in [-0.1, -0.05) is 0 Å². The number of nitrogens with one attached hydrogen (secondary N) is 3. The molecule has 1 fully saturated rings. The van der Waals surface area contributed by atoms with E-state index < -0.39 is 11.7 Å². The van der Waals surface area contributed by atoms with Crippen LogP contribution in [0.1, 0.15) is 33.6 Å². The Bertz CT molecular complexity index is 575. The standard InChI is InChI=1S/C18H28N4O3/c1-18(2,3)25-17(24)20-11-10-19-16(23)21-14-6-8-15(9-7-14)22-12-4-5-13-22/h6-9H,4-5,10-13H2,1-3H3,(H,20,24)(H2,19,21,23). The van der Waals surface area contributed by atoms with Gasteiger partial charge in [0.05, 0.1) is 0 Å². The molecule has 3 amide bonds. The van der Waals surface area contributed by atoms with Crippen molar-refractivity contribution in [2.24, 2.45) is 0 Å². The predicted molar refractivity (Wildman–Crippen MR) is 99.1 cm³/mol. The van der Waals surface area contributed by atoms with Gasteiger partial charge in [-0.15, -0.1) is 0 Å². The molecule has 25 heavy (non-hydrogen) atoms. The van der Waals surface area contributed by atoms with Gasteiger partial charge >= 0.3 is 12.1 Å². The van der Waals surface area contributed by atoms with E-state index in [1.54, 1.807) is 20.8 Å². The fraction of sp³-hybridized carbons (Fsp3) is 0.556. The number of rotatable bonds is 5. The second-order valence-corrected chi connectivity index (χ2v) is 7.05. The van der Waals surface area contributed by atoms with Crippen LogP contribution in [-0.4, -0.2) is 43.9 Å². The van der Waals surface area contributed by atoms with Gasteiger partial charge in [0.1, 0.15) is 5.60 Å². The summed E-state index contributed by atoms with van der Waals surface area (Å²) in [4.78, 5) is 25.7. The number of benzene rings is 1. The van der Waals surface area contributed by atoms with Crippen molar-refractivity contribution < 1.29 is 14.3 Å². The van der Waals surface area contributed by atoms with Crippen LogP contribution in [0.25, 0.3) is 0 Å². The Balaban J connectivity index is 1.65. The van der Waals surface area contributed by atoms with E-state index in [1.807, 2.05) is 24.3 Å². The van der Waals surface area contributed by atoms with Crippen molar-refractivity contribution in [3.8, 4) is 0 Å². The molecule has 0 bridgehead atoms. The van der Waals surface area contributed by atoms with Gasteiger partial charge in [0.2, 0.25) is 0 Å². The van der Waals surface area contributed by atoms with Gasteiger partial charge in [0.15, 0.2) is 0 Å². The summed E-state index contributed by atoms with van der Waals surface area (Å²) in [5.74, 6) is 0. The van der Waals surface area contributed by atoms with E-state index in [0.29, 0.717) is 13.1 Å². The van der Waals surface area contributed by atoms with Crippen molar-refractivity contribution in [1.29, 1.82) is 0 Å². The summed E-state index contributed by atoms with van der Waals surface area (Å²) < 4.78 is 5.11. The smallest absolute Gasteiger partial charge is 0.407 e. The molecule has 138 valence electrons. The molecule has 1 heterocycles. The minimum atomic E-state index is -0.532. The monoisotopic (exact) mass is 348 g/mol. The predicted octanol–water partition coefficient (Wildman–Crippen LogP) is 2.93. The summed E-state index contributed by atoms with van der Waals surface area (Å²) in [5, 5.41) is 8.05. The minimum absolute atomic E-state index is 0.302. The molecule has 1 aromatic rings. The fourth-order valence-electron chi connectivity index (χ4n) is 2.56. The quantitative estimate of drug-likeness (QED) is 0.715. The largest absolute Gasteiger partial charge is 0.444 e. The van der Waals surface area contributed by atoms with Gasteiger partial charge in [0, 0.05) is 37.6 Å². The zero-order chi connectivity index (χ0) is 18.3. The third-order valence-electron chi connectivity index (χ3n) is 3.68. The number of amides is 3. The molecule has 0 radical (unpaired) electrons. The summed E-state index contributed by atoms with van der Waals surface area (Å²) in [6, 6.07) is 7.52. The lowest BCUT2D eigenvalue weighted by atomic mass is 10.2. The third-order valence-corrected chi connectivity index (χ3v) is 3.68. The second-order valence-electron chi connectivity index (χ2n) is 7.05. The topological polar surface area (TPSA) is 82.7 Å². The molecule has 7 heteroatoms. The number of urea groups is 1. The average Bonchev–Trinajstić information content (AvgIpc) is 3.05. The SMILES string of the molecule is CC(C)(C)OC(=O)NCCNC(=O)Nc1ccc(N2CCCC2)cc1. The van der Waals surface area contributed by atoms with Gasteiger partial charge in [-0.05, 0) is 57.9 Å². The first-order chi connectivity index (χ1) is 11.8. The van der Waals surface area contributed by atoms with Gasteiger partial charge in [-0.25, -0.2) is 9.59 Å². The zero-order valence-corrected chi connectivity index (χ0v) is 15.2. The average molecular weight is 348 g/mol. The van der Waals surface area contributed by atoms with Crippen molar-refractivity contribution in [2.45, 2.75) is 39.2 Å². The molecule has 0 atom stereocenters. The van der Waals surface area contributed by atoms with Crippen LogP contribution in [0.4, 0.5) is 21.0 Å². The van der Waals surface area contributed by atoms with Crippen LogP contribution >= 0.6 is 0 Å². The van der Waals surface area contributed by atoms with Crippen molar-refractivity contribution >= 4 is 23.5 Å². The van der Waals surface area contributed by atoms with Gasteiger partial charge in [-0.2, -0.15) is 0 Å². The van der Waals surface area contributed by atoms with Crippen LogP contribution in [0.5, 0.6) is 0 Å². The summed E-state index contributed by atoms with van der Waals surface area (Å²) in [7, 11) is 0. The van der Waals surface area contributed by atoms with Crippen LogP contribution in [0.2, 0.25) is 0 Å². The maximum atomic E-state index is 11.9. The first-order valence-corrected chi connectivity index (χ1v) is 8.70. The Hall–Kier alpha value is -2.44. The lowest BCUT2D eigenvalue weighted by Gasteiger charge is -2.19. The normalized spacial score (nSPS) is 14.1. The van der Waals surface area contributed by atoms with E-state index in [-0.39, 0.29) is 6.03 Å². The molecule has 1 aromatic carbocycles. The zero-order valence-electron chi connectivity index (χ0n) is 15.2. The first-order valence-electron chi connectivity index (χ1n) is 8.70. The van der Waals surface area contributed by atoms with Gasteiger partial charge < -0.3 is 25.6 Å². The summed E-state index contributed by atoms with van der Waals surface area (Å²) >= 11 is 0. The number of hydrogen-bond acceptors (Lipinski definition) is 4. The maximum absolute atomic E-state index is 11.9. The number of carbonyl (C=O) groups is 2. The molecular weight excluding hydrogens is 320 g/mol. The number of anilines is 2. The summed E-state index contributed by atoms with van der Waals surface area (Å²) in [5.41, 5.74) is 1.39. The number of alkyl carbamates (subject to hydrolysis) is 1. The van der Waals surface area contributed by atoms with Crippen molar-refractivity contribution in [3.05, 3.63) is 24.3 Å². The first kappa shape index (κ1) is 18.9. The van der Waals surface area contributed by atoms with E-state index in [0.717, 1.165) is 18.8 Å². The van der Waals surface area contributed by atoms with Gasteiger partial charge in [-0.3, -0.25) is 0 Å². The Labute approximate surface area is 149 Å². The lowest BCUT2D eigenvalue weighted by molar-refractivity contribution is 0.0528. The lowest BCUT2D eigenvalue weighted by Crippen LogP contribution is -2.39. The van der Waals surface area contributed by atoms with E-state index in [4.69, 9.17) is 4.74 Å². The van der Waals surface area contributed by atoms with E-state index in [2.05, 4.69) is 20.9 Å². The highest BCUT2D eigenvalue weighted by Crippen LogP contribution is 2.21. The second kappa shape index (κ2) is 8.60. The van der Waals surface area contributed by atoms with E-state index in [9.17, 15) is 9.59 Å². The molecule has 2 rings (SSSR count). The van der Waals surface area contributed by atoms with Gasteiger partial charge in [0.25, 0.3) is 0 Å². The van der Waals surface area contributed by atoms with Crippen molar-refractivity contribution in [1.82, 2.24) is 10.6 Å². The Morgan fingerprint density at radius 2 is 1.64 bits per heavy atom. The Kier molecular flexibility index (Phi) is 6.50. The molecule has 0 spiro atoms. The summed E-state index contributed by atoms with van der Waals surface area (Å²) in [6.07, 6.45) is 1.98. The van der Waals surface area contributed by atoms with E-state index in [1.165, 1.54) is 18.5 Å². The molecule has 0 saturated carbocycles. The third kappa shape index (κ3) is 6.91. The Morgan fingerprint density at radius 1 is 1.04 bits per heavy atom. The highest BCUT2D eigenvalue weighted by molar-refractivity contribution is 5.89. The molecule has 7 nitrogen and oxygen atoms in total.